The van der Waals surface area contributed by atoms with Crippen molar-refractivity contribution in [1.29, 1.82) is 0 Å². The monoisotopic (exact) mass is 447 g/mol. The minimum Gasteiger partial charge on any atom is -0.477 e. The summed E-state index contributed by atoms with van der Waals surface area (Å²) in [5.41, 5.74) is 0.258. The number of piperidine rings is 1. The molecule has 11 heteroatoms. The highest BCUT2D eigenvalue weighted by molar-refractivity contribution is 5.96. The molecule has 0 aliphatic carbocycles. The molecule has 3 amide bonds. The van der Waals surface area contributed by atoms with Gasteiger partial charge in [0, 0.05) is 43.8 Å². The highest BCUT2D eigenvalue weighted by atomic mass is 19.2. The number of carbonyl (C=O) groups is 2. The van der Waals surface area contributed by atoms with Crippen LogP contribution in [-0.2, 0) is 4.79 Å². The Balaban J connectivity index is 1.35. The first kappa shape index (κ1) is 21.7. The van der Waals surface area contributed by atoms with Gasteiger partial charge in [0.25, 0.3) is 11.8 Å². The lowest BCUT2D eigenvalue weighted by Gasteiger charge is -2.33. The third kappa shape index (κ3) is 4.56. The van der Waals surface area contributed by atoms with Gasteiger partial charge in [0.1, 0.15) is 12.6 Å². The second kappa shape index (κ2) is 9.33. The first-order chi connectivity index (χ1) is 15.5. The van der Waals surface area contributed by atoms with Crippen LogP contribution in [0.3, 0.4) is 0 Å². The molecule has 1 unspecified atom stereocenters. The van der Waals surface area contributed by atoms with Crippen molar-refractivity contribution in [2.24, 2.45) is 0 Å². The average Bonchev–Trinajstić information content (AvgIpc) is 3.16. The number of likely N-dealkylation sites (tertiary alicyclic amines) is 1. The number of halogens is 2. The van der Waals surface area contributed by atoms with Crippen LogP contribution in [0.15, 0.2) is 30.6 Å². The number of hydrogen-bond donors (Lipinski definition) is 0. The van der Waals surface area contributed by atoms with E-state index < -0.39 is 17.7 Å². The number of aromatic nitrogens is 2. The summed E-state index contributed by atoms with van der Waals surface area (Å²) in [5.74, 6) is -1.66. The third-order valence-electron chi connectivity index (χ3n) is 5.47. The van der Waals surface area contributed by atoms with Crippen molar-refractivity contribution in [3.8, 4) is 11.8 Å². The molecule has 1 aromatic carbocycles. The van der Waals surface area contributed by atoms with Crippen molar-refractivity contribution < 1.29 is 27.8 Å². The van der Waals surface area contributed by atoms with E-state index in [9.17, 15) is 18.4 Å². The second-order valence-electron chi connectivity index (χ2n) is 7.55. The average molecular weight is 447 g/mol. The highest BCUT2D eigenvalue weighted by Gasteiger charge is 2.34. The smallest absolute Gasteiger partial charge is 0.325 e. The number of hydrogen-bond acceptors (Lipinski definition) is 6. The van der Waals surface area contributed by atoms with E-state index in [1.807, 2.05) is 0 Å². The Morgan fingerprint density at radius 3 is 2.66 bits per heavy atom. The van der Waals surface area contributed by atoms with E-state index in [-0.39, 0.29) is 42.5 Å². The summed E-state index contributed by atoms with van der Waals surface area (Å²) in [7, 11) is 1.48. The van der Waals surface area contributed by atoms with Crippen LogP contribution < -0.4 is 14.4 Å². The zero-order valence-corrected chi connectivity index (χ0v) is 17.5. The van der Waals surface area contributed by atoms with E-state index in [2.05, 4.69) is 9.97 Å². The summed E-state index contributed by atoms with van der Waals surface area (Å²) in [4.78, 5) is 38.1. The molecule has 0 N–H and O–H groups in total. The molecule has 0 saturated carbocycles. The van der Waals surface area contributed by atoms with Gasteiger partial charge in [-0.2, -0.15) is 0 Å². The summed E-state index contributed by atoms with van der Waals surface area (Å²) in [6, 6.07) is 2.88. The van der Waals surface area contributed by atoms with Gasteiger partial charge in [0.2, 0.25) is 5.91 Å². The number of ether oxygens (including phenoxy) is 2. The summed E-state index contributed by atoms with van der Waals surface area (Å²) in [6.45, 7) is 1.42. The van der Waals surface area contributed by atoms with Crippen molar-refractivity contribution in [3.63, 3.8) is 0 Å². The predicted octanol–water partition coefficient (Wildman–Crippen LogP) is 2.08. The fourth-order valence-corrected chi connectivity index (χ4v) is 3.84. The molecule has 2 saturated heterocycles. The number of amides is 3. The SMILES string of the molecule is COc1nccnc1OC1CCCN(C(=O)CN2CCN(c3ccc(F)c(F)c3)C2=O)C1. The standard InChI is InChI=1S/C21H23F2N5O4/c1-31-19-20(25-7-6-24-19)32-15-3-2-8-26(12-15)18(29)13-27-9-10-28(21(27)30)14-4-5-16(22)17(23)11-14/h4-7,11,15H,2-3,8-10,12-13H2,1H3. The number of methoxy groups -OCH3 is 1. The van der Waals surface area contributed by atoms with E-state index in [0.717, 1.165) is 25.0 Å². The lowest BCUT2D eigenvalue weighted by Crippen LogP contribution is -2.48. The zero-order chi connectivity index (χ0) is 22.7. The topological polar surface area (TPSA) is 88.1 Å². The zero-order valence-electron chi connectivity index (χ0n) is 17.5. The van der Waals surface area contributed by atoms with Crippen LogP contribution in [0.25, 0.3) is 0 Å². The maximum absolute atomic E-state index is 13.5. The van der Waals surface area contributed by atoms with Crippen LogP contribution in [0.4, 0.5) is 19.3 Å². The van der Waals surface area contributed by atoms with Crippen LogP contribution in [0.1, 0.15) is 12.8 Å². The molecule has 2 fully saturated rings. The van der Waals surface area contributed by atoms with Gasteiger partial charge < -0.3 is 19.3 Å². The quantitative estimate of drug-likeness (QED) is 0.674. The molecular weight excluding hydrogens is 424 g/mol. The molecule has 4 rings (SSSR count). The van der Waals surface area contributed by atoms with E-state index in [4.69, 9.17) is 9.47 Å². The Morgan fingerprint density at radius 1 is 1.12 bits per heavy atom. The largest absolute Gasteiger partial charge is 0.477 e. The minimum absolute atomic E-state index is 0.0970. The number of carbonyl (C=O) groups excluding carboxylic acids is 2. The molecule has 32 heavy (non-hydrogen) atoms. The van der Waals surface area contributed by atoms with Crippen molar-refractivity contribution in [1.82, 2.24) is 19.8 Å². The van der Waals surface area contributed by atoms with E-state index in [0.29, 0.717) is 19.6 Å². The molecule has 0 bridgehead atoms. The van der Waals surface area contributed by atoms with Crippen molar-refractivity contribution in [2.75, 3.05) is 44.7 Å². The molecule has 2 aliphatic rings. The molecule has 1 atom stereocenters. The Hall–Kier alpha value is -3.50. The first-order valence-corrected chi connectivity index (χ1v) is 10.3. The van der Waals surface area contributed by atoms with Crippen molar-refractivity contribution >= 4 is 17.6 Å². The Morgan fingerprint density at radius 2 is 1.91 bits per heavy atom. The van der Waals surface area contributed by atoms with Gasteiger partial charge in [-0.05, 0) is 25.0 Å². The first-order valence-electron chi connectivity index (χ1n) is 10.3. The molecule has 170 valence electrons. The van der Waals surface area contributed by atoms with Crippen molar-refractivity contribution in [2.45, 2.75) is 18.9 Å². The summed E-state index contributed by atoms with van der Waals surface area (Å²) in [6.07, 6.45) is 4.22. The number of benzene rings is 1. The molecule has 2 aliphatic heterocycles. The third-order valence-corrected chi connectivity index (χ3v) is 5.47. The van der Waals surface area contributed by atoms with E-state index >= 15 is 0 Å². The van der Waals surface area contributed by atoms with Gasteiger partial charge in [-0.15, -0.1) is 0 Å². The lowest BCUT2D eigenvalue weighted by molar-refractivity contribution is -0.134. The van der Waals surface area contributed by atoms with Crippen molar-refractivity contribution in [3.05, 3.63) is 42.2 Å². The fourth-order valence-electron chi connectivity index (χ4n) is 3.84. The Bertz CT molecular complexity index is 1010. The van der Waals surface area contributed by atoms with Gasteiger partial charge in [-0.3, -0.25) is 9.69 Å². The molecule has 3 heterocycles. The maximum Gasteiger partial charge on any atom is 0.325 e. The van der Waals surface area contributed by atoms with Gasteiger partial charge >= 0.3 is 6.03 Å². The van der Waals surface area contributed by atoms with Gasteiger partial charge in [0.05, 0.1) is 13.7 Å². The van der Waals surface area contributed by atoms with Crippen LogP contribution in [0.5, 0.6) is 11.8 Å². The maximum atomic E-state index is 13.5. The predicted molar refractivity (Wildman–Crippen MR) is 109 cm³/mol. The minimum atomic E-state index is -1.02. The lowest BCUT2D eigenvalue weighted by atomic mass is 10.1. The van der Waals surface area contributed by atoms with Crippen LogP contribution >= 0.6 is 0 Å². The van der Waals surface area contributed by atoms with Crippen LogP contribution in [-0.4, -0.2) is 77.6 Å². The molecule has 9 nitrogen and oxygen atoms in total. The fraction of sp³-hybridized carbons (Fsp3) is 0.429. The van der Waals surface area contributed by atoms with Gasteiger partial charge in [-0.25, -0.2) is 23.5 Å². The molecule has 0 spiro atoms. The van der Waals surface area contributed by atoms with Gasteiger partial charge in [-0.1, -0.05) is 0 Å². The highest BCUT2D eigenvalue weighted by Crippen LogP contribution is 2.25. The normalized spacial score (nSPS) is 18.8. The van der Waals surface area contributed by atoms with Gasteiger partial charge in [0.15, 0.2) is 11.6 Å². The number of anilines is 1. The van der Waals surface area contributed by atoms with E-state index in [1.165, 1.54) is 35.4 Å². The Kier molecular flexibility index (Phi) is 6.33. The summed E-state index contributed by atoms with van der Waals surface area (Å²) < 4.78 is 37.8. The van der Waals surface area contributed by atoms with E-state index in [1.54, 1.807) is 4.90 Å². The molecule has 1 aromatic heterocycles. The number of nitrogens with zero attached hydrogens (tertiary/aromatic N) is 5. The Labute approximate surface area is 183 Å². The summed E-state index contributed by atoms with van der Waals surface area (Å²) >= 11 is 0. The van der Waals surface area contributed by atoms with Crippen LogP contribution in [0, 0.1) is 11.6 Å². The number of rotatable bonds is 6. The molecule has 2 aromatic rings. The molecule has 0 radical (unpaired) electrons. The summed E-state index contributed by atoms with van der Waals surface area (Å²) in [5, 5.41) is 0. The number of urea groups is 1. The van der Waals surface area contributed by atoms with Crippen LogP contribution in [0.2, 0.25) is 0 Å². The second-order valence-corrected chi connectivity index (χ2v) is 7.55. The molecular formula is C21H23F2N5O4.